The Morgan fingerprint density at radius 2 is 2.24 bits per heavy atom. The van der Waals surface area contributed by atoms with Crippen molar-refractivity contribution in [1.82, 2.24) is 4.90 Å². The molecule has 0 amide bonds. The molecule has 1 aliphatic heterocycles. The van der Waals surface area contributed by atoms with Crippen molar-refractivity contribution in [3.05, 3.63) is 35.1 Å². The number of hydrogen-bond acceptors (Lipinski definition) is 3. The monoisotopic (exact) mass is 234 g/mol. The van der Waals surface area contributed by atoms with E-state index in [2.05, 4.69) is 0 Å². The van der Waals surface area contributed by atoms with Crippen LogP contribution in [0.15, 0.2) is 18.2 Å². The summed E-state index contributed by atoms with van der Waals surface area (Å²) in [6.07, 6.45) is 0.713. The van der Waals surface area contributed by atoms with Crippen molar-refractivity contribution >= 4 is 0 Å². The van der Waals surface area contributed by atoms with Gasteiger partial charge in [-0.3, -0.25) is 4.90 Å². The second-order valence-corrected chi connectivity index (χ2v) is 4.61. The van der Waals surface area contributed by atoms with Gasteiger partial charge in [0.2, 0.25) is 0 Å². The summed E-state index contributed by atoms with van der Waals surface area (Å²) in [7, 11) is 0. The molecule has 1 aromatic carbocycles. The number of benzene rings is 1. The SMILES string of the molecule is CCC1(O)CN(Cc2cccc(C#N)c2F)C1. The van der Waals surface area contributed by atoms with Crippen LogP contribution >= 0.6 is 0 Å². The molecule has 2 rings (SSSR count). The number of hydrogen-bond donors (Lipinski definition) is 1. The fourth-order valence-corrected chi connectivity index (χ4v) is 2.15. The van der Waals surface area contributed by atoms with Gasteiger partial charge >= 0.3 is 0 Å². The lowest BCUT2D eigenvalue weighted by Gasteiger charge is -2.46. The van der Waals surface area contributed by atoms with Crippen molar-refractivity contribution in [3.63, 3.8) is 0 Å². The van der Waals surface area contributed by atoms with Gasteiger partial charge in [-0.25, -0.2) is 4.39 Å². The van der Waals surface area contributed by atoms with Gasteiger partial charge in [0.15, 0.2) is 0 Å². The van der Waals surface area contributed by atoms with Gasteiger partial charge in [0.05, 0.1) is 11.2 Å². The number of rotatable bonds is 3. The smallest absolute Gasteiger partial charge is 0.145 e. The zero-order chi connectivity index (χ0) is 12.5. The highest BCUT2D eigenvalue weighted by atomic mass is 19.1. The highest BCUT2D eigenvalue weighted by Crippen LogP contribution is 2.26. The van der Waals surface area contributed by atoms with Crippen molar-refractivity contribution in [1.29, 1.82) is 5.26 Å². The number of nitrogens with zero attached hydrogens (tertiary/aromatic N) is 2. The molecule has 1 aromatic rings. The van der Waals surface area contributed by atoms with Crippen LogP contribution < -0.4 is 0 Å². The minimum absolute atomic E-state index is 0.0776. The first-order chi connectivity index (χ1) is 8.08. The third-order valence-electron chi connectivity index (χ3n) is 3.29. The van der Waals surface area contributed by atoms with Crippen molar-refractivity contribution in [2.24, 2.45) is 0 Å². The fraction of sp³-hybridized carbons (Fsp3) is 0.462. The van der Waals surface area contributed by atoms with Gasteiger partial charge in [0.1, 0.15) is 11.9 Å². The van der Waals surface area contributed by atoms with Crippen LogP contribution in [0.4, 0.5) is 4.39 Å². The van der Waals surface area contributed by atoms with Crippen molar-refractivity contribution in [3.8, 4) is 6.07 Å². The lowest BCUT2D eigenvalue weighted by Crippen LogP contribution is -2.60. The molecule has 1 fully saturated rings. The summed E-state index contributed by atoms with van der Waals surface area (Å²) in [5.74, 6) is -0.443. The number of likely N-dealkylation sites (tertiary alicyclic amines) is 1. The van der Waals surface area contributed by atoms with E-state index in [1.165, 1.54) is 6.07 Å². The van der Waals surface area contributed by atoms with E-state index in [1.807, 2.05) is 17.9 Å². The third kappa shape index (κ3) is 2.31. The van der Waals surface area contributed by atoms with Crippen LogP contribution in [0.25, 0.3) is 0 Å². The summed E-state index contributed by atoms with van der Waals surface area (Å²) >= 11 is 0. The van der Waals surface area contributed by atoms with Crippen LogP contribution in [-0.4, -0.2) is 28.7 Å². The van der Waals surface area contributed by atoms with Crippen molar-refractivity contribution < 1.29 is 9.50 Å². The molecule has 0 bridgehead atoms. The number of aliphatic hydroxyl groups is 1. The average Bonchev–Trinajstić information content (AvgIpc) is 2.29. The normalized spacial score (nSPS) is 18.5. The Labute approximate surface area is 100 Å². The van der Waals surface area contributed by atoms with Gasteiger partial charge in [-0.15, -0.1) is 0 Å². The Kier molecular flexibility index (Phi) is 3.14. The lowest BCUT2D eigenvalue weighted by atomic mass is 9.91. The Morgan fingerprint density at radius 3 is 2.82 bits per heavy atom. The van der Waals surface area contributed by atoms with E-state index in [1.54, 1.807) is 12.1 Å². The van der Waals surface area contributed by atoms with Crippen LogP contribution in [-0.2, 0) is 6.54 Å². The maximum atomic E-state index is 13.8. The minimum atomic E-state index is -0.608. The van der Waals surface area contributed by atoms with Gasteiger partial charge < -0.3 is 5.11 Å². The predicted octanol–water partition coefficient (Wildman–Crippen LogP) is 1.65. The zero-order valence-corrected chi connectivity index (χ0v) is 9.78. The molecule has 0 aromatic heterocycles. The van der Waals surface area contributed by atoms with E-state index >= 15 is 0 Å². The van der Waals surface area contributed by atoms with Gasteiger partial charge in [-0.2, -0.15) is 5.26 Å². The van der Waals surface area contributed by atoms with Crippen LogP contribution in [0, 0.1) is 17.1 Å². The quantitative estimate of drug-likeness (QED) is 0.865. The maximum absolute atomic E-state index is 13.8. The number of halogens is 1. The molecular weight excluding hydrogens is 219 g/mol. The summed E-state index contributed by atoms with van der Waals surface area (Å²) in [4.78, 5) is 1.98. The molecule has 0 saturated carbocycles. The van der Waals surface area contributed by atoms with Crippen LogP contribution in [0.3, 0.4) is 0 Å². The summed E-state index contributed by atoms with van der Waals surface area (Å²) < 4.78 is 13.8. The molecule has 90 valence electrons. The van der Waals surface area contributed by atoms with E-state index in [0.29, 0.717) is 31.6 Å². The summed E-state index contributed by atoms with van der Waals surface area (Å²) in [5.41, 5.74) is -0.0143. The molecular formula is C13H15FN2O. The zero-order valence-electron chi connectivity index (χ0n) is 9.78. The van der Waals surface area contributed by atoms with Gasteiger partial charge in [-0.05, 0) is 12.5 Å². The maximum Gasteiger partial charge on any atom is 0.145 e. The van der Waals surface area contributed by atoms with E-state index in [4.69, 9.17) is 5.26 Å². The van der Waals surface area contributed by atoms with Gasteiger partial charge in [0.25, 0.3) is 0 Å². The molecule has 4 heteroatoms. The van der Waals surface area contributed by atoms with Crippen LogP contribution in [0.5, 0.6) is 0 Å². The molecule has 1 N–H and O–H groups in total. The molecule has 0 atom stereocenters. The Morgan fingerprint density at radius 1 is 1.53 bits per heavy atom. The minimum Gasteiger partial charge on any atom is -0.387 e. The predicted molar refractivity (Wildman–Crippen MR) is 61.6 cm³/mol. The van der Waals surface area contributed by atoms with E-state index in [9.17, 15) is 9.50 Å². The van der Waals surface area contributed by atoms with Crippen LogP contribution in [0.2, 0.25) is 0 Å². The largest absolute Gasteiger partial charge is 0.387 e. The second-order valence-electron chi connectivity index (χ2n) is 4.61. The fourth-order valence-electron chi connectivity index (χ4n) is 2.15. The highest BCUT2D eigenvalue weighted by Gasteiger charge is 2.39. The lowest BCUT2D eigenvalue weighted by molar-refractivity contribution is -0.103. The Balaban J connectivity index is 2.04. The second kappa shape index (κ2) is 4.44. The molecule has 0 radical (unpaired) electrons. The number of nitriles is 1. The molecule has 0 unspecified atom stereocenters. The third-order valence-corrected chi connectivity index (χ3v) is 3.29. The molecule has 1 aliphatic rings. The average molecular weight is 234 g/mol. The summed E-state index contributed by atoms with van der Waals surface area (Å²) in [6.45, 7) is 3.53. The Bertz CT molecular complexity index is 461. The first kappa shape index (κ1) is 12.0. The van der Waals surface area contributed by atoms with E-state index in [-0.39, 0.29) is 5.56 Å². The van der Waals surface area contributed by atoms with Crippen molar-refractivity contribution in [2.75, 3.05) is 13.1 Å². The molecule has 3 nitrogen and oxygen atoms in total. The van der Waals surface area contributed by atoms with Gasteiger partial charge in [-0.1, -0.05) is 19.1 Å². The first-order valence-electron chi connectivity index (χ1n) is 5.70. The van der Waals surface area contributed by atoms with Crippen LogP contribution in [0.1, 0.15) is 24.5 Å². The topological polar surface area (TPSA) is 47.3 Å². The first-order valence-corrected chi connectivity index (χ1v) is 5.70. The summed E-state index contributed by atoms with van der Waals surface area (Å²) in [5, 5.41) is 18.6. The summed E-state index contributed by atoms with van der Waals surface area (Å²) in [6, 6.07) is 6.66. The van der Waals surface area contributed by atoms with E-state index < -0.39 is 11.4 Å². The van der Waals surface area contributed by atoms with Gasteiger partial charge in [0, 0.05) is 25.2 Å². The molecule has 17 heavy (non-hydrogen) atoms. The molecule has 1 saturated heterocycles. The number of β-amino-alcohol motifs (C(OH)–C–C–N with tert-alkyl or cyclic N) is 1. The highest BCUT2D eigenvalue weighted by molar-refractivity contribution is 5.35. The molecule has 0 aliphatic carbocycles. The molecule has 1 heterocycles. The molecule has 0 spiro atoms. The Hall–Kier alpha value is -1.44. The standard InChI is InChI=1S/C13H15FN2O/c1-2-13(17)8-16(9-13)7-11-5-3-4-10(6-15)12(11)14/h3-5,17H,2,7-9H2,1H3. The van der Waals surface area contributed by atoms with E-state index in [0.717, 1.165) is 0 Å². The van der Waals surface area contributed by atoms with Crippen molar-refractivity contribution in [2.45, 2.75) is 25.5 Å².